The van der Waals surface area contributed by atoms with Crippen LogP contribution in [0.25, 0.3) is 11.3 Å². The van der Waals surface area contributed by atoms with Gasteiger partial charge in [-0.05, 0) is 5.56 Å². The molecule has 0 aliphatic rings. The summed E-state index contributed by atoms with van der Waals surface area (Å²) in [7, 11) is 0. The summed E-state index contributed by atoms with van der Waals surface area (Å²) in [6.45, 7) is 0.764. The van der Waals surface area contributed by atoms with Gasteiger partial charge in [-0.3, -0.25) is 10.1 Å². The molecule has 1 heterocycles. The molecule has 3 aromatic rings. The molecular formula is C16H15N5O2. The summed E-state index contributed by atoms with van der Waals surface area (Å²) in [5, 5.41) is 19.0. The number of aromatic nitrogens is 3. The minimum absolute atomic E-state index is 0.0678. The molecule has 1 aromatic heterocycles. The van der Waals surface area contributed by atoms with E-state index in [1.807, 2.05) is 30.3 Å². The molecule has 0 radical (unpaired) electrons. The molecule has 0 spiro atoms. The molecular weight excluding hydrogens is 294 g/mol. The van der Waals surface area contributed by atoms with Crippen LogP contribution in [-0.2, 0) is 13.1 Å². The SMILES string of the molecule is NCc1nnn(Cc2ccc([N+](=O)[O-])cc2)c1-c1ccccc1. The van der Waals surface area contributed by atoms with Crippen molar-refractivity contribution in [2.45, 2.75) is 13.1 Å². The molecule has 0 fully saturated rings. The Labute approximate surface area is 132 Å². The Hall–Kier alpha value is -3.06. The quantitative estimate of drug-likeness (QED) is 0.576. The zero-order chi connectivity index (χ0) is 16.2. The Morgan fingerprint density at radius 1 is 1.09 bits per heavy atom. The van der Waals surface area contributed by atoms with Crippen LogP contribution in [0, 0.1) is 10.1 Å². The molecule has 0 amide bonds. The Bertz CT molecular complexity index is 812. The second kappa shape index (κ2) is 6.37. The van der Waals surface area contributed by atoms with Crippen molar-refractivity contribution >= 4 is 5.69 Å². The first-order valence-corrected chi connectivity index (χ1v) is 7.10. The highest BCUT2D eigenvalue weighted by atomic mass is 16.6. The van der Waals surface area contributed by atoms with Crippen LogP contribution in [0.5, 0.6) is 0 Å². The van der Waals surface area contributed by atoms with E-state index in [4.69, 9.17) is 5.73 Å². The van der Waals surface area contributed by atoms with Crippen LogP contribution < -0.4 is 5.73 Å². The van der Waals surface area contributed by atoms with Gasteiger partial charge in [0.25, 0.3) is 5.69 Å². The van der Waals surface area contributed by atoms with Gasteiger partial charge in [-0.1, -0.05) is 47.7 Å². The summed E-state index contributed by atoms with van der Waals surface area (Å²) in [4.78, 5) is 10.3. The fourth-order valence-electron chi connectivity index (χ4n) is 2.40. The summed E-state index contributed by atoms with van der Waals surface area (Å²) in [5.41, 5.74) is 9.30. The number of nitrogens with two attached hydrogens (primary N) is 1. The van der Waals surface area contributed by atoms with Gasteiger partial charge in [0, 0.05) is 24.2 Å². The van der Waals surface area contributed by atoms with E-state index in [0.29, 0.717) is 13.1 Å². The molecule has 0 saturated heterocycles. The number of nitro groups is 1. The zero-order valence-corrected chi connectivity index (χ0v) is 12.3. The zero-order valence-electron chi connectivity index (χ0n) is 12.3. The molecule has 3 rings (SSSR count). The predicted octanol–water partition coefficient (Wildman–Crippen LogP) is 2.36. The highest BCUT2D eigenvalue weighted by molar-refractivity contribution is 5.61. The molecule has 116 valence electrons. The van der Waals surface area contributed by atoms with E-state index in [-0.39, 0.29) is 5.69 Å². The number of hydrogen-bond acceptors (Lipinski definition) is 5. The van der Waals surface area contributed by atoms with Crippen LogP contribution >= 0.6 is 0 Å². The van der Waals surface area contributed by atoms with Gasteiger partial charge in [-0.15, -0.1) is 5.10 Å². The summed E-state index contributed by atoms with van der Waals surface area (Å²) in [5.74, 6) is 0. The van der Waals surface area contributed by atoms with Gasteiger partial charge < -0.3 is 5.73 Å². The third-order valence-corrected chi connectivity index (χ3v) is 3.52. The standard InChI is InChI=1S/C16H15N5O2/c17-10-15-16(13-4-2-1-3-5-13)20(19-18-15)11-12-6-8-14(9-7-12)21(22)23/h1-9H,10-11,17H2. The van der Waals surface area contributed by atoms with Crippen LogP contribution in [0.4, 0.5) is 5.69 Å². The minimum Gasteiger partial charge on any atom is -0.325 e. The molecule has 0 unspecified atom stereocenters. The predicted molar refractivity (Wildman–Crippen MR) is 85.5 cm³/mol. The van der Waals surface area contributed by atoms with Gasteiger partial charge in [-0.25, -0.2) is 4.68 Å². The molecule has 23 heavy (non-hydrogen) atoms. The molecule has 7 nitrogen and oxygen atoms in total. The van der Waals surface area contributed by atoms with Crippen molar-refractivity contribution in [3.63, 3.8) is 0 Å². The van der Waals surface area contributed by atoms with Crippen LogP contribution in [0.2, 0.25) is 0 Å². The fraction of sp³-hybridized carbons (Fsp3) is 0.125. The number of hydrogen-bond donors (Lipinski definition) is 1. The molecule has 0 saturated carbocycles. The number of nitrogens with zero attached hydrogens (tertiary/aromatic N) is 4. The lowest BCUT2D eigenvalue weighted by atomic mass is 10.1. The number of benzene rings is 2. The summed E-state index contributed by atoms with van der Waals surface area (Å²) in [6, 6.07) is 16.2. The molecule has 0 aliphatic heterocycles. The van der Waals surface area contributed by atoms with Gasteiger partial charge in [0.15, 0.2) is 0 Å². The highest BCUT2D eigenvalue weighted by Gasteiger charge is 2.14. The average molecular weight is 309 g/mol. The van der Waals surface area contributed by atoms with Crippen molar-refractivity contribution in [1.82, 2.24) is 15.0 Å². The van der Waals surface area contributed by atoms with Crippen molar-refractivity contribution in [2.24, 2.45) is 5.73 Å². The smallest absolute Gasteiger partial charge is 0.269 e. The van der Waals surface area contributed by atoms with Crippen LogP contribution in [-0.4, -0.2) is 19.9 Å². The summed E-state index contributed by atoms with van der Waals surface area (Å²) in [6.07, 6.45) is 0. The van der Waals surface area contributed by atoms with Crippen LogP contribution in [0.15, 0.2) is 54.6 Å². The van der Waals surface area contributed by atoms with Crippen molar-refractivity contribution in [3.05, 3.63) is 76.0 Å². The third kappa shape index (κ3) is 3.09. The van der Waals surface area contributed by atoms with E-state index in [1.165, 1.54) is 12.1 Å². The third-order valence-electron chi connectivity index (χ3n) is 3.52. The van der Waals surface area contributed by atoms with Gasteiger partial charge in [0.2, 0.25) is 0 Å². The Balaban J connectivity index is 1.94. The van der Waals surface area contributed by atoms with E-state index in [9.17, 15) is 10.1 Å². The molecule has 0 aliphatic carbocycles. The average Bonchev–Trinajstić information content (AvgIpc) is 2.99. The first-order chi connectivity index (χ1) is 11.2. The molecule has 7 heteroatoms. The normalized spacial score (nSPS) is 10.7. The first kappa shape index (κ1) is 14.9. The van der Waals surface area contributed by atoms with Gasteiger partial charge in [0.1, 0.15) is 5.69 Å². The number of non-ortho nitro benzene ring substituents is 1. The van der Waals surface area contributed by atoms with Crippen LogP contribution in [0.1, 0.15) is 11.3 Å². The van der Waals surface area contributed by atoms with E-state index >= 15 is 0 Å². The molecule has 2 N–H and O–H groups in total. The van der Waals surface area contributed by atoms with Crippen molar-refractivity contribution in [2.75, 3.05) is 0 Å². The maximum atomic E-state index is 10.7. The maximum Gasteiger partial charge on any atom is 0.269 e. The highest BCUT2D eigenvalue weighted by Crippen LogP contribution is 2.23. The number of nitro benzene ring substituents is 1. The van der Waals surface area contributed by atoms with E-state index in [2.05, 4.69) is 10.3 Å². The molecule has 2 aromatic carbocycles. The number of rotatable bonds is 5. The van der Waals surface area contributed by atoms with E-state index < -0.39 is 4.92 Å². The molecule has 0 bridgehead atoms. The first-order valence-electron chi connectivity index (χ1n) is 7.10. The maximum absolute atomic E-state index is 10.7. The largest absolute Gasteiger partial charge is 0.325 e. The molecule has 0 atom stereocenters. The monoisotopic (exact) mass is 309 g/mol. The summed E-state index contributed by atoms with van der Waals surface area (Å²) < 4.78 is 1.76. The van der Waals surface area contributed by atoms with Crippen molar-refractivity contribution in [1.29, 1.82) is 0 Å². The Morgan fingerprint density at radius 2 is 1.78 bits per heavy atom. The second-order valence-electron chi connectivity index (χ2n) is 5.04. The minimum atomic E-state index is -0.416. The van der Waals surface area contributed by atoms with E-state index in [1.54, 1.807) is 16.8 Å². The Kier molecular flexibility index (Phi) is 4.11. The summed E-state index contributed by atoms with van der Waals surface area (Å²) >= 11 is 0. The van der Waals surface area contributed by atoms with Gasteiger partial charge >= 0.3 is 0 Å². The van der Waals surface area contributed by atoms with Crippen molar-refractivity contribution < 1.29 is 4.92 Å². The van der Waals surface area contributed by atoms with Gasteiger partial charge in [0.05, 0.1) is 17.2 Å². The lowest BCUT2D eigenvalue weighted by Crippen LogP contribution is -2.05. The topological polar surface area (TPSA) is 99.9 Å². The lowest BCUT2D eigenvalue weighted by Gasteiger charge is -2.08. The van der Waals surface area contributed by atoms with Crippen molar-refractivity contribution in [3.8, 4) is 11.3 Å². The lowest BCUT2D eigenvalue weighted by molar-refractivity contribution is -0.384. The Morgan fingerprint density at radius 3 is 2.39 bits per heavy atom. The second-order valence-corrected chi connectivity index (χ2v) is 5.04. The van der Waals surface area contributed by atoms with Crippen LogP contribution in [0.3, 0.4) is 0 Å². The van der Waals surface area contributed by atoms with E-state index in [0.717, 1.165) is 22.5 Å². The fourth-order valence-corrected chi connectivity index (χ4v) is 2.40. The van der Waals surface area contributed by atoms with Gasteiger partial charge in [-0.2, -0.15) is 0 Å².